The number of benzene rings is 2. The van der Waals surface area contributed by atoms with Crippen LogP contribution < -0.4 is 20.2 Å². The molecule has 2 aromatic carbocycles. The molecule has 1 aromatic heterocycles. The van der Waals surface area contributed by atoms with Crippen molar-refractivity contribution in [2.45, 2.75) is 0 Å². The van der Waals surface area contributed by atoms with Crippen molar-refractivity contribution in [3.8, 4) is 11.5 Å². The van der Waals surface area contributed by atoms with Gasteiger partial charge in [0.05, 0.1) is 37.4 Å². The molecule has 160 valence electrons. The lowest BCUT2D eigenvalue weighted by atomic mass is 10.1. The van der Waals surface area contributed by atoms with E-state index in [1.807, 2.05) is 29.9 Å². The molecular formula is C22H21BrN4O4. The number of ether oxygens (including phenoxy) is 2. The molecule has 0 saturated heterocycles. The monoisotopic (exact) mass is 484 g/mol. The van der Waals surface area contributed by atoms with Crippen LogP contribution in [-0.2, 0) is 7.05 Å². The molecule has 2 amide bonds. The number of hydrogen-bond acceptors (Lipinski definition) is 5. The molecule has 0 aliphatic rings. The van der Waals surface area contributed by atoms with Crippen molar-refractivity contribution < 1.29 is 19.1 Å². The van der Waals surface area contributed by atoms with Crippen molar-refractivity contribution in [3.05, 3.63) is 76.0 Å². The Morgan fingerprint density at radius 2 is 1.81 bits per heavy atom. The van der Waals surface area contributed by atoms with E-state index in [9.17, 15) is 9.59 Å². The van der Waals surface area contributed by atoms with Crippen molar-refractivity contribution >= 4 is 39.6 Å². The summed E-state index contributed by atoms with van der Waals surface area (Å²) in [5.74, 6) is 0.0804. The average molecular weight is 485 g/mol. The molecule has 2 N–H and O–H groups in total. The minimum Gasteiger partial charge on any atom is -0.493 e. The van der Waals surface area contributed by atoms with Crippen molar-refractivity contribution in [1.29, 1.82) is 0 Å². The van der Waals surface area contributed by atoms with Gasteiger partial charge in [0.15, 0.2) is 11.5 Å². The number of carbonyl (C=O) groups is 2. The van der Waals surface area contributed by atoms with E-state index < -0.39 is 11.8 Å². The number of amides is 2. The largest absolute Gasteiger partial charge is 0.493 e. The van der Waals surface area contributed by atoms with E-state index >= 15 is 0 Å². The smallest absolute Gasteiger partial charge is 0.273 e. The van der Waals surface area contributed by atoms with Gasteiger partial charge in [-0.3, -0.25) is 9.59 Å². The number of halogens is 1. The van der Waals surface area contributed by atoms with E-state index in [-0.39, 0.29) is 5.56 Å². The van der Waals surface area contributed by atoms with Gasteiger partial charge < -0.3 is 19.4 Å². The van der Waals surface area contributed by atoms with Crippen LogP contribution in [0.15, 0.2) is 64.3 Å². The molecule has 0 fully saturated rings. The molecular weight excluding hydrogens is 464 g/mol. The first-order valence-corrected chi connectivity index (χ1v) is 10.00. The summed E-state index contributed by atoms with van der Waals surface area (Å²) < 4.78 is 13.0. The van der Waals surface area contributed by atoms with Gasteiger partial charge in [-0.1, -0.05) is 15.9 Å². The van der Waals surface area contributed by atoms with Gasteiger partial charge in [-0.15, -0.1) is 0 Å². The lowest BCUT2D eigenvalue weighted by Gasteiger charge is -2.12. The molecule has 3 rings (SSSR count). The molecule has 0 bridgehead atoms. The van der Waals surface area contributed by atoms with Gasteiger partial charge in [-0.05, 0) is 48.5 Å². The number of nitrogens with one attached hydrogen (secondary N) is 2. The van der Waals surface area contributed by atoms with E-state index in [0.717, 1.165) is 5.69 Å². The molecule has 0 aliphatic carbocycles. The van der Waals surface area contributed by atoms with Crippen molar-refractivity contribution in [2.75, 3.05) is 19.5 Å². The van der Waals surface area contributed by atoms with Gasteiger partial charge in [0, 0.05) is 23.3 Å². The second kappa shape index (κ2) is 9.94. The standard InChI is InChI=1S/C22H21BrN4O4/c1-27-10-4-5-16(27)13-24-26-22(29)17-12-15(23)7-8-18(17)25-21(28)14-6-9-19(30-2)20(11-14)31-3/h4-13H,1-3H3,(H,25,28)(H,26,29). The number of hydrazone groups is 1. The molecule has 3 aromatic rings. The number of anilines is 1. The zero-order valence-electron chi connectivity index (χ0n) is 17.2. The fourth-order valence-corrected chi connectivity index (χ4v) is 3.17. The Morgan fingerprint density at radius 1 is 1.03 bits per heavy atom. The number of rotatable bonds is 7. The van der Waals surface area contributed by atoms with Gasteiger partial charge in [0.25, 0.3) is 11.8 Å². The van der Waals surface area contributed by atoms with Crippen LogP contribution in [0.25, 0.3) is 0 Å². The number of aromatic nitrogens is 1. The van der Waals surface area contributed by atoms with Crippen LogP contribution in [0.4, 0.5) is 5.69 Å². The normalized spacial score (nSPS) is 10.7. The van der Waals surface area contributed by atoms with E-state index in [4.69, 9.17) is 9.47 Å². The van der Waals surface area contributed by atoms with Gasteiger partial charge in [0.2, 0.25) is 0 Å². The van der Waals surface area contributed by atoms with Gasteiger partial charge in [0.1, 0.15) is 0 Å². The van der Waals surface area contributed by atoms with Crippen LogP contribution in [-0.4, -0.2) is 36.8 Å². The van der Waals surface area contributed by atoms with Crippen molar-refractivity contribution in [1.82, 2.24) is 9.99 Å². The van der Waals surface area contributed by atoms with E-state index in [0.29, 0.717) is 27.2 Å². The number of hydrogen-bond donors (Lipinski definition) is 2. The van der Waals surface area contributed by atoms with Gasteiger partial charge in [-0.25, -0.2) is 5.43 Å². The summed E-state index contributed by atoms with van der Waals surface area (Å²) in [6.45, 7) is 0. The second-order valence-electron chi connectivity index (χ2n) is 6.46. The zero-order chi connectivity index (χ0) is 22.4. The average Bonchev–Trinajstić information content (AvgIpc) is 3.18. The number of nitrogens with zero attached hydrogens (tertiary/aromatic N) is 2. The number of methoxy groups -OCH3 is 2. The molecule has 0 radical (unpaired) electrons. The van der Waals surface area contributed by atoms with E-state index in [1.54, 1.807) is 36.4 Å². The summed E-state index contributed by atoms with van der Waals surface area (Å²) in [5.41, 5.74) is 4.27. The fraction of sp³-hybridized carbons (Fsp3) is 0.136. The van der Waals surface area contributed by atoms with Crippen molar-refractivity contribution in [2.24, 2.45) is 12.1 Å². The highest BCUT2D eigenvalue weighted by Crippen LogP contribution is 2.28. The van der Waals surface area contributed by atoms with E-state index in [1.165, 1.54) is 20.4 Å². The molecule has 1 heterocycles. The topological polar surface area (TPSA) is 94.0 Å². The summed E-state index contributed by atoms with van der Waals surface area (Å²) in [4.78, 5) is 25.5. The Hall–Kier alpha value is -3.59. The molecule has 0 aliphatic heterocycles. The maximum atomic E-state index is 12.8. The molecule has 0 unspecified atom stereocenters. The Labute approximate surface area is 188 Å². The quantitative estimate of drug-likeness (QED) is 0.393. The number of aryl methyl sites for hydroxylation is 1. The Balaban J connectivity index is 1.79. The van der Waals surface area contributed by atoms with Crippen LogP contribution in [0, 0.1) is 0 Å². The fourth-order valence-electron chi connectivity index (χ4n) is 2.81. The lowest BCUT2D eigenvalue weighted by Crippen LogP contribution is -2.21. The van der Waals surface area contributed by atoms with Crippen LogP contribution in [0.1, 0.15) is 26.4 Å². The highest BCUT2D eigenvalue weighted by molar-refractivity contribution is 9.10. The van der Waals surface area contributed by atoms with Crippen molar-refractivity contribution in [3.63, 3.8) is 0 Å². The van der Waals surface area contributed by atoms with Gasteiger partial charge >= 0.3 is 0 Å². The molecule has 8 nitrogen and oxygen atoms in total. The van der Waals surface area contributed by atoms with Crippen LogP contribution in [0.3, 0.4) is 0 Å². The Bertz CT molecular complexity index is 1140. The Morgan fingerprint density at radius 3 is 2.48 bits per heavy atom. The molecule has 0 atom stereocenters. The van der Waals surface area contributed by atoms with Crippen LogP contribution in [0.5, 0.6) is 11.5 Å². The SMILES string of the molecule is COc1ccc(C(=O)Nc2ccc(Br)cc2C(=O)NN=Cc2cccn2C)cc1OC. The molecule has 0 saturated carbocycles. The molecule has 31 heavy (non-hydrogen) atoms. The minimum absolute atomic E-state index is 0.257. The Kier molecular flexibility index (Phi) is 7.09. The maximum absolute atomic E-state index is 12.8. The third-order valence-corrected chi connectivity index (χ3v) is 4.96. The minimum atomic E-state index is -0.464. The summed E-state index contributed by atoms with van der Waals surface area (Å²) in [5, 5.41) is 6.76. The highest BCUT2D eigenvalue weighted by atomic mass is 79.9. The third-order valence-electron chi connectivity index (χ3n) is 4.47. The van der Waals surface area contributed by atoms with Crippen LogP contribution >= 0.6 is 15.9 Å². The maximum Gasteiger partial charge on any atom is 0.273 e. The second-order valence-corrected chi connectivity index (χ2v) is 7.37. The highest BCUT2D eigenvalue weighted by Gasteiger charge is 2.16. The van der Waals surface area contributed by atoms with Gasteiger partial charge in [-0.2, -0.15) is 5.10 Å². The first kappa shape index (κ1) is 22.1. The molecule has 0 spiro atoms. The first-order chi connectivity index (χ1) is 14.9. The summed E-state index contributed by atoms with van der Waals surface area (Å²) in [6, 6.07) is 13.5. The summed E-state index contributed by atoms with van der Waals surface area (Å²) in [7, 11) is 4.89. The zero-order valence-corrected chi connectivity index (χ0v) is 18.8. The van der Waals surface area contributed by atoms with E-state index in [2.05, 4.69) is 31.8 Å². The summed E-state index contributed by atoms with van der Waals surface area (Å²) in [6.07, 6.45) is 3.41. The molecule has 9 heteroatoms. The lowest BCUT2D eigenvalue weighted by molar-refractivity contribution is 0.0956. The number of carbonyl (C=O) groups excluding carboxylic acids is 2. The predicted molar refractivity (Wildman–Crippen MR) is 122 cm³/mol. The van der Waals surface area contributed by atoms with Crippen LogP contribution in [0.2, 0.25) is 0 Å². The third kappa shape index (κ3) is 5.32. The summed E-state index contributed by atoms with van der Waals surface area (Å²) >= 11 is 3.35. The predicted octanol–water partition coefficient (Wildman–Crippen LogP) is 3.82. The first-order valence-electron chi connectivity index (χ1n) is 9.20.